The molecule has 0 aliphatic rings. The molecule has 8 nitrogen and oxygen atoms in total. The van der Waals surface area contributed by atoms with Crippen LogP contribution < -0.4 is 5.32 Å². The van der Waals surface area contributed by atoms with Crippen LogP contribution in [0.15, 0.2) is 54.7 Å². The van der Waals surface area contributed by atoms with Crippen LogP contribution >= 0.6 is 0 Å². The molecule has 3 aromatic rings. The maximum atomic E-state index is 14.1. The Labute approximate surface area is 197 Å². The van der Waals surface area contributed by atoms with Crippen LogP contribution in [0.2, 0.25) is 0 Å². The largest absolute Gasteiger partial charge is 0.481 e. The van der Waals surface area contributed by atoms with Crippen LogP contribution in [-0.2, 0) is 27.2 Å². The number of H-pyrrole nitrogens is 1. The minimum Gasteiger partial charge on any atom is -0.481 e. The van der Waals surface area contributed by atoms with Gasteiger partial charge < -0.3 is 15.2 Å². The predicted molar refractivity (Wildman–Crippen MR) is 124 cm³/mol. The first-order chi connectivity index (χ1) is 16.3. The number of halogens is 1. The quantitative estimate of drug-likeness (QED) is 0.375. The van der Waals surface area contributed by atoms with E-state index in [2.05, 4.69) is 20.7 Å². The number of hydrogen-bond acceptors (Lipinski definition) is 5. The van der Waals surface area contributed by atoms with Gasteiger partial charge in [-0.05, 0) is 43.4 Å². The Morgan fingerprint density at radius 1 is 1.21 bits per heavy atom. The summed E-state index contributed by atoms with van der Waals surface area (Å²) in [5, 5.41) is 22.8. The van der Waals surface area contributed by atoms with E-state index in [1.807, 2.05) is 24.3 Å². The van der Waals surface area contributed by atoms with Gasteiger partial charge in [-0.1, -0.05) is 42.5 Å². The summed E-state index contributed by atoms with van der Waals surface area (Å²) in [5.74, 6) is -1.47. The lowest BCUT2D eigenvalue weighted by molar-refractivity contribution is -0.151. The monoisotopic (exact) mass is 468 g/mol. The van der Waals surface area contributed by atoms with Crippen LogP contribution in [0.25, 0.3) is 11.1 Å². The first-order valence-electron chi connectivity index (χ1n) is 11.0. The SMILES string of the molecule is COC[C@](C)(CC[C@@H](Cc1ccc(-c2ccccc2F)cc1)NC(=O)Cc1cn[nH]n1)C(=O)O. The normalized spacial score (nSPS) is 13.7. The van der Waals surface area contributed by atoms with E-state index < -0.39 is 11.4 Å². The maximum Gasteiger partial charge on any atom is 0.311 e. The van der Waals surface area contributed by atoms with E-state index in [1.54, 1.807) is 25.1 Å². The molecule has 0 aliphatic carbocycles. The molecule has 0 radical (unpaired) electrons. The molecule has 0 bridgehead atoms. The Morgan fingerprint density at radius 2 is 1.94 bits per heavy atom. The average molecular weight is 469 g/mol. The van der Waals surface area contributed by atoms with Crippen LogP contribution in [0.3, 0.4) is 0 Å². The number of ether oxygens (including phenoxy) is 1. The second kappa shape index (κ2) is 11.5. The Kier molecular flexibility index (Phi) is 8.48. The molecule has 0 spiro atoms. The van der Waals surface area contributed by atoms with Gasteiger partial charge in [-0.2, -0.15) is 15.4 Å². The Hall–Kier alpha value is -3.59. The molecule has 9 heteroatoms. The standard InChI is InChI=1S/C25H29FN4O4/c1-25(16-34-2,24(32)33)12-11-19(28-23(31)14-20-15-27-30-29-20)13-17-7-9-18(10-8-17)21-5-3-4-6-22(21)26/h3-10,15,19H,11-14,16H2,1-2H3,(H,28,31)(H,32,33)(H,27,29,30)/t19-,25-/m0/s1. The van der Waals surface area contributed by atoms with Gasteiger partial charge in [0.05, 0.1) is 30.3 Å². The Bertz CT molecular complexity index is 1090. The van der Waals surface area contributed by atoms with Gasteiger partial charge >= 0.3 is 5.97 Å². The van der Waals surface area contributed by atoms with Crippen LogP contribution in [-0.4, -0.2) is 52.2 Å². The average Bonchev–Trinajstić information content (AvgIpc) is 3.31. The fraction of sp³-hybridized carbons (Fsp3) is 0.360. The van der Waals surface area contributed by atoms with E-state index in [0.29, 0.717) is 30.5 Å². The van der Waals surface area contributed by atoms with Crippen molar-refractivity contribution in [1.82, 2.24) is 20.7 Å². The smallest absolute Gasteiger partial charge is 0.311 e. The molecule has 0 aliphatic heterocycles. The number of nitrogens with zero attached hydrogens (tertiary/aromatic N) is 2. The van der Waals surface area contributed by atoms with Crippen LogP contribution in [0.5, 0.6) is 0 Å². The van der Waals surface area contributed by atoms with E-state index in [1.165, 1.54) is 19.4 Å². The number of carboxylic acids is 1. The molecule has 3 N–H and O–H groups in total. The minimum absolute atomic E-state index is 0.0630. The number of rotatable bonds is 12. The molecule has 0 fully saturated rings. The second-order valence-electron chi connectivity index (χ2n) is 8.62. The van der Waals surface area contributed by atoms with Gasteiger partial charge in [0.25, 0.3) is 0 Å². The van der Waals surface area contributed by atoms with Crippen molar-refractivity contribution in [3.05, 3.63) is 71.8 Å². The van der Waals surface area contributed by atoms with Gasteiger partial charge in [-0.25, -0.2) is 4.39 Å². The molecule has 34 heavy (non-hydrogen) atoms. The van der Waals surface area contributed by atoms with Crippen LogP contribution in [0, 0.1) is 11.2 Å². The van der Waals surface area contributed by atoms with Gasteiger partial charge in [0.15, 0.2) is 0 Å². The van der Waals surface area contributed by atoms with Gasteiger partial charge in [-0.3, -0.25) is 9.59 Å². The van der Waals surface area contributed by atoms with E-state index in [4.69, 9.17) is 4.74 Å². The topological polar surface area (TPSA) is 117 Å². The number of carbonyl (C=O) groups excluding carboxylic acids is 1. The summed E-state index contributed by atoms with van der Waals surface area (Å²) in [7, 11) is 1.47. The summed E-state index contributed by atoms with van der Waals surface area (Å²) in [6.45, 7) is 1.70. The lowest BCUT2D eigenvalue weighted by Crippen LogP contribution is -2.40. The van der Waals surface area contributed by atoms with Crippen molar-refractivity contribution < 1.29 is 23.8 Å². The lowest BCUT2D eigenvalue weighted by atomic mass is 9.84. The molecular weight excluding hydrogens is 439 g/mol. The number of nitrogens with one attached hydrogen (secondary N) is 2. The number of hydrogen-bond donors (Lipinski definition) is 3. The molecule has 0 saturated heterocycles. The summed E-state index contributed by atoms with van der Waals surface area (Å²) in [6.07, 6.45) is 2.79. The van der Waals surface area contributed by atoms with E-state index >= 15 is 0 Å². The van der Waals surface area contributed by atoms with Crippen molar-refractivity contribution >= 4 is 11.9 Å². The number of carboxylic acid groups (broad SMARTS) is 1. The number of amides is 1. The molecule has 2 atom stereocenters. The molecule has 1 aromatic heterocycles. The molecule has 0 saturated carbocycles. The third kappa shape index (κ3) is 6.71. The molecular formula is C25H29FN4O4. The third-order valence-corrected chi connectivity index (χ3v) is 5.82. The van der Waals surface area contributed by atoms with Crippen molar-refractivity contribution in [3.8, 4) is 11.1 Å². The first-order valence-corrected chi connectivity index (χ1v) is 11.0. The number of aromatic amines is 1. The molecule has 3 rings (SSSR count). The number of carbonyl (C=O) groups is 2. The van der Waals surface area contributed by atoms with Gasteiger partial charge in [0, 0.05) is 18.7 Å². The van der Waals surface area contributed by atoms with Crippen LogP contribution in [0.4, 0.5) is 4.39 Å². The molecule has 2 aromatic carbocycles. The highest BCUT2D eigenvalue weighted by Gasteiger charge is 2.34. The van der Waals surface area contributed by atoms with E-state index in [0.717, 1.165) is 11.1 Å². The number of aliphatic carboxylic acids is 1. The summed E-state index contributed by atoms with van der Waals surface area (Å²) < 4.78 is 19.2. The summed E-state index contributed by atoms with van der Waals surface area (Å²) >= 11 is 0. The van der Waals surface area contributed by atoms with Gasteiger partial charge in [-0.15, -0.1) is 0 Å². The predicted octanol–water partition coefficient (Wildman–Crippen LogP) is 3.40. The third-order valence-electron chi connectivity index (χ3n) is 5.82. The summed E-state index contributed by atoms with van der Waals surface area (Å²) in [5.41, 5.74) is 1.66. The fourth-order valence-electron chi connectivity index (χ4n) is 3.83. The lowest BCUT2D eigenvalue weighted by Gasteiger charge is -2.27. The molecule has 0 unspecified atom stereocenters. The zero-order chi connectivity index (χ0) is 24.6. The minimum atomic E-state index is -1.07. The molecule has 180 valence electrons. The molecule has 1 heterocycles. The Morgan fingerprint density at radius 3 is 2.56 bits per heavy atom. The molecule has 1 amide bonds. The number of methoxy groups -OCH3 is 1. The van der Waals surface area contributed by atoms with Crippen molar-refractivity contribution in [2.24, 2.45) is 5.41 Å². The zero-order valence-electron chi connectivity index (χ0n) is 19.3. The first kappa shape index (κ1) is 25.0. The van der Waals surface area contributed by atoms with Crippen molar-refractivity contribution in [1.29, 1.82) is 0 Å². The number of benzene rings is 2. The summed E-state index contributed by atoms with van der Waals surface area (Å²) in [6, 6.07) is 13.7. The highest BCUT2D eigenvalue weighted by Crippen LogP contribution is 2.27. The highest BCUT2D eigenvalue weighted by molar-refractivity contribution is 5.78. The Balaban J connectivity index is 1.73. The second-order valence-corrected chi connectivity index (χ2v) is 8.62. The van der Waals surface area contributed by atoms with Crippen molar-refractivity contribution in [2.75, 3.05) is 13.7 Å². The zero-order valence-corrected chi connectivity index (χ0v) is 19.3. The van der Waals surface area contributed by atoms with E-state index in [9.17, 15) is 19.1 Å². The summed E-state index contributed by atoms with van der Waals surface area (Å²) in [4.78, 5) is 24.4. The maximum absolute atomic E-state index is 14.1. The van der Waals surface area contributed by atoms with Gasteiger partial charge in [0.2, 0.25) is 5.91 Å². The van der Waals surface area contributed by atoms with Crippen LogP contribution in [0.1, 0.15) is 31.0 Å². The highest BCUT2D eigenvalue weighted by atomic mass is 19.1. The van der Waals surface area contributed by atoms with E-state index in [-0.39, 0.29) is 30.8 Å². The van der Waals surface area contributed by atoms with Crippen molar-refractivity contribution in [3.63, 3.8) is 0 Å². The van der Waals surface area contributed by atoms with Gasteiger partial charge in [0.1, 0.15) is 5.82 Å². The number of aromatic nitrogens is 3. The fourth-order valence-corrected chi connectivity index (χ4v) is 3.83. The van der Waals surface area contributed by atoms with Crippen molar-refractivity contribution in [2.45, 2.75) is 38.6 Å².